The minimum absolute atomic E-state index is 0.147. The lowest BCUT2D eigenvalue weighted by Gasteiger charge is -2.34. The number of rotatable bonds is 4. The van der Waals surface area contributed by atoms with Crippen LogP contribution in [-0.4, -0.2) is 61.5 Å². The first-order chi connectivity index (χ1) is 16.0. The van der Waals surface area contributed by atoms with Crippen LogP contribution in [0.2, 0.25) is 0 Å². The standard InChI is InChI=1S/C24H23N5O2S2/c1-16(30)28-9-7-27(8-10-28)14-17-3-2-4-19(11-17)20-13-25-22-6-5-18(15-29(20)22)12-21-23(31)26-24(32)33-21/h2-6,11-13,15H,7-10,14H2,1H3,(H,26,31,32)/b21-12-. The third kappa shape index (κ3) is 4.71. The van der Waals surface area contributed by atoms with Gasteiger partial charge in [0.15, 0.2) is 0 Å². The Balaban J connectivity index is 1.38. The van der Waals surface area contributed by atoms with Gasteiger partial charge in [0.2, 0.25) is 5.91 Å². The summed E-state index contributed by atoms with van der Waals surface area (Å²) < 4.78 is 2.53. The van der Waals surface area contributed by atoms with Crippen molar-refractivity contribution in [2.45, 2.75) is 13.5 Å². The second-order valence-electron chi connectivity index (χ2n) is 8.17. The Morgan fingerprint density at radius 3 is 2.76 bits per heavy atom. The van der Waals surface area contributed by atoms with Crippen LogP contribution >= 0.6 is 24.0 Å². The summed E-state index contributed by atoms with van der Waals surface area (Å²) in [5, 5.41) is 2.65. The van der Waals surface area contributed by atoms with Crippen LogP contribution in [0.5, 0.6) is 0 Å². The highest BCUT2D eigenvalue weighted by atomic mass is 32.2. The Morgan fingerprint density at radius 2 is 2.03 bits per heavy atom. The number of carbonyl (C=O) groups is 2. The molecule has 0 aliphatic carbocycles. The summed E-state index contributed by atoms with van der Waals surface area (Å²) >= 11 is 6.36. The lowest BCUT2D eigenvalue weighted by Crippen LogP contribution is -2.47. The normalized spacial score (nSPS) is 18.3. The van der Waals surface area contributed by atoms with Crippen LogP contribution in [0, 0.1) is 0 Å². The largest absolute Gasteiger partial charge is 0.340 e. The van der Waals surface area contributed by atoms with Crippen molar-refractivity contribution in [2.24, 2.45) is 0 Å². The zero-order valence-corrected chi connectivity index (χ0v) is 19.8. The summed E-state index contributed by atoms with van der Waals surface area (Å²) in [5.41, 5.74) is 5.05. The zero-order chi connectivity index (χ0) is 22.9. The van der Waals surface area contributed by atoms with Crippen molar-refractivity contribution < 1.29 is 9.59 Å². The molecule has 2 saturated heterocycles. The van der Waals surface area contributed by atoms with Gasteiger partial charge in [-0.25, -0.2) is 4.98 Å². The quantitative estimate of drug-likeness (QED) is 0.460. The predicted octanol–water partition coefficient (Wildman–Crippen LogP) is 3.15. The number of benzene rings is 1. The maximum absolute atomic E-state index is 12.0. The Hall–Kier alpha value is -3.01. The molecule has 0 atom stereocenters. The molecule has 1 N–H and O–H groups in total. The average molecular weight is 478 g/mol. The van der Waals surface area contributed by atoms with Crippen molar-refractivity contribution in [1.29, 1.82) is 0 Å². The molecule has 2 fully saturated rings. The van der Waals surface area contributed by atoms with E-state index in [-0.39, 0.29) is 11.8 Å². The molecule has 2 amide bonds. The Bertz CT molecular complexity index is 1290. The van der Waals surface area contributed by atoms with Gasteiger partial charge in [-0.15, -0.1) is 0 Å². The smallest absolute Gasteiger partial charge is 0.263 e. The molecule has 1 aromatic carbocycles. The number of amides is 2. The number of imidazole rings is 1. The number of piperazine rings is 1. The van der Waals surface area contributed by atoms with Gasteiger partial charge < -0.3 is 10.2 Å². The zero-order valence-electron chi connectivity index (χ0n) is 18.2. The lowest BCUT2D eigenvalue weighted by molar-refractivity contribution is -0.130. The van der Waals surface area contributed by atoms with E-state index >= 15 is 0 Å². The number of hydrogen-bond acceptors (Lipinski definition) is 6. The van der Waals surface area contributed by atoms with Gasteiger partial charge in [-0.3, -0.25) is 18.9 Å². The van der Waals surface area contributed by atoms with Crippen LogP contribution in [0.25, 0.3) is 23.0 Å². The van der Waals surface area contributed by atoms with E-state index in [9.17, 15) is 9.59 Å². The number of hydrogen-bond donors (Lipinski definition) is 1. The van der Waals surface area contributed by atoms with Crippen LogP contribution in [0.15, 0.2) is 53.7 Å². The molecular formula is C24H23N5O2S2. The Labute approximate surface area is 201 Å². The van der Waals surface area contributed by atoms with E-state index < -0.39 is 0 Å². The van der Waals surface area contributed by atoms with Gasteiger partial charge in [-0.2, -0.15) is 0 Å². The fourth-order valence-electron chi connectivity index (χ4n) is 4.18. The molecule has 2 aliphatic heterocycles. The van der Waals surface area contributed by atoms with Crippen LogP contribution in [0.1, 0.15) is 18.1 Å². The molecule has 0 spiro atoms. The van der Waals surface area contributed by atoms with E-state index in [0.29, 0.717) is 9.23 Å². The number of thioether (sulfide) groups is 1. The molecule has 2 aliphatic rings. The molecule has 33 heavy (non-hydrogen) atoms. The number of carbonyl (C=O) groups excluding carboxylic acids is 2. The van der Waals surface area contributed by atoms with E-state index in [1.54, 1.807) is 6.92 Å². The fourth-order valence-corrected chi connectivity index (χ4v) is 5.22. The highest BCUT2D eigenvalue weighted by Crippen LogP contribution is 2.27. The van der Waals surface area contributed by atoms with E-state index in [2.05, 4.69) is 39.5 Å². The molecular weight excluding hydrogens is 454 g/mol. The molecule has 9 heteroatoms. The van der Waals surface area contributed by atoms with Crippen LogP contribution in [0.4, 0.5) is 0 Å². The van der Waals surface area contributed by atoms with Crippen molar-refractivity contribution in [3.63, 3.8) is 0 Å². The predicted molar refractivity (Wildman–Crippen MR) is 134 cm³/mol. The SMILES string of the molecule is CC(=O)N1CCN(Cc2cccc(-c3cnc4ccc(/C=C5\SC(=S)NC5=O)cn34)c2)CC1. The van der Waals surface area contributed by atoms with Gasteiger partial charge in [0.1, 0.15) is 9.97 Å². The van der Waals surface area contributed by atoms with Gasteiger partial charge in [-0.1, -0.05) is 42.2 Å². The summed E-state index contributed by atoms with van der Waals surface area (Å²) in [6.45, 7) is 5.80. The van der Waals surface area contributed by atoms with Crippen LogP contribution in [-0.2, 0) is 16.1 Å². The number of aromatic nitrogens is 2. The van der Waals surface area contributed by atoms with Gasteiger partial charge >= 0.3 is 0 Å². The molecule has 0 saturated carbocycles. The van der Waals surface area contributed by atoms with Crippen molar-refractivity contribution in [3.8, 4) is 11.3 Å². The van der Waals surface area contributed by atoms with Crippen molar-refractivity contribution >= 4 is 51.8 Å². The molecule has 4 heterocycles. The highest BCUT2D eigenvalue weighted by molar-refractivity contribution is 8.26. The van der Waals surface area contributed by atoms with Crippen molar-refractivity contribution in [1.82, 2.24) is 24.5 Å². The summed E-state index contributed by atoms with van der Waals surface area (Å²) in [4.78, 5) is 33.0. The van der Waals surface area contributed by atoms with Crippen LogP contribution < -0.4 is 5.32 Å². The minimum Gasteiger partial charge on any atom is -0.340 e. The van der Waals surface area contributed by atoms with E-state index in [1.165, 1.54) is 17.3 Å². The topological polar surface area (TPSA) is 70.0 Å². The molecule has 0 unspecified atom stereocenters. The second-order valence-corrected chi connectivity index (χ2v) is 9.89. The number of pyridine rings is 1. The molecule has 3 aromatic rings. The third-order valence-electron chi connectivity index (χ3n) is 5.91. The van der Waals surface area contributed by atoms with Gasteiger partial charge in [0.05, 0.1) is 16.8 Å². The second kappa shape index (κ2) is 9.09. The number of fused-ring (bicyclic) bond motifs is 1. The number of nitrogens with zero attached hydrogens (tertiary/aromatic N) is 4. The summed E-state index contributed by atoms with van der Waals surface area (Å²) in [6, 6.07) is 12.4. The monoisotopic (exact) mass is 477 g/mol. The number of thiocarbonyl (C=S) groups is 1. The minimum atomic E-state index is -0.159. The summed E-state index contributed by atoms with van der Waals surface area (Å²) in [7, 11) is 0. The first-order valence-electron chi connectivity index (χ1n) is 10.8. The van der Waals surface area contributed by atoms with E-state index in [0.717, 1.165) is 55.2 Å². The van der Waals surface area contributed by atoms with Crippen molar-refractivity contribution in [3.05, 3.63) is 64.8 Å². The molecule has 0 radical (unpaired) electrons. The van der Waals surface area contributed by atoms with E-state index in [1.807, 2.05) is 39.9 Å². The average Bonchev–Trinajstić information content (AvgIpc) is 3.36. The fraction of sp³-hybridized carbons (Fsp3) is 0.250. The molecule has 7 nitrogen and oxygen atoms in total. The van der Waals surface area contributed by atoms with Gasteiger partial charge in [-0.05, 0) is 35.4 Å². The molecule has 0 bridgehead atoms. The lowest BCUT2D eigenvalue weighted by atomic mass is 10.1. The molecule has 2 aromatic heterocycles. The van der Waals surface area contributed by atoms with Crippen molar-refractivity contribution in [2.75, 3.05) is 26.2 Å². The first kappa shape index (κ1) is 21.8. The van der Waals surface area contributed by atoms with Gasteiger partial charge in [0, 0.05) is 51.4 Å². The maximum atomic E-state index is 12.0. The Kier molecular flexibility index (Phi) is 6.01. The molecule has 168 valence electrons. The van der Waals surface area contributed by atoms with E-state index in [4.69, 9.17) is 12.2 Å². The Morgan fingerprint density at radius 1 is 1.21 bits per heavy atom. The number of nitrogens with one attached hydrogen (secondary N) is 1. The third-order valence-corrected chi connectivity index (χ3v) is 7.08. The summed E-state index contributed by atoms with van der Waals surface area (Å²) in [6.07, 6.45) is 5.72. The summed E-state index contributed by atoms with van der Waals surface area (Å²) in [5.74, 6) is -0.0121. The highest BCUT2D eigenvalue weighted by Gasteiger charge is 2.22. The maximum Gasteiger partial charge on any atom is 0.263 e. The molecule has 5 rings (SSSR count). The first-order valence-corrected chi connectivity index (χ1v) is 12.0. The van der Waals surface area contributed by atoms with Gasteiger partial charge in [0.25, 0.3) is 5.91 Å². The van der Waals surface area contributed by atoms with Crippen LogP contribution in [0.3, 0.4) is 0 Å².